The van der Waals surface area contributed by atoms with Gasteiger partial charge in [0.05, 0.1) is 16.7 Å². The van der Waals surface area contributed by atoms with Crippen LogP contribution in [-0.4, -0.2) is 115 Å². The topological polar surface area (TPSA) is 242 Å². The number of urea groups is 3. The minimum Gasteiger partial charge on any atom is -0.534 e. The first-order valence-corrected chi connectivity index (χ1v) is 17.2. The highest BCUT2D eigenvalue weighted by atomic mass is 35.5. The van der Waals surface area contributed by atoms with Gasteiger partial charge in [0.2, 0.25) is 11.7 Å². The Kier molecular flexibility index (Phi) is 11.2. The molecule has 0 bridgehead atoms. The van der Waals surface area contributed by atoms with E-state index in [2.05, 4.69) is 16.0 Å². The van der Waals surface area contributed by atoms with E-state index in [1.165, 1.54) is 9.80 Å². The van der Waals surface area contributed by atoms with Gasteiger partial charge >= 0.3 is 31.2 Å². The average molecular weight is 827 g/mol. The lowest BCUT2D eigenvalue weighted by atomic mass is 9.72. The van der Waals surface area contributed by atoms with Crippen LogP contribution in [0.3, 0.4) is 0 Å². The van der Waals surface area contributed by atoms with E-state index in [9.17, 15) is 71.4 Å². The third-order valence-electron chi connectivity index (χ3n) is 9.64. The number of hydrogen-bond acceptors (Lipinski definition) is 10. The van der Waals surface area contributed by atoms with E-state index >= 15 is 0 Å². The number of hydrogen-bond donors (Lipinski definition) is 8. The molecule has 6 rings (SSSR count). The molecule has 8 N–H and O–H groups in total. The van der Waals surface area contributed by atoms with Crippen LogP contribution in [0.25, 0.3) is 0 Å². The summed E-state index contributed by atoms with van der Waals surface area (Å²) in [7, 11) is -1.98. The maximum absolute atomic E-state index is 14.7. The standard InChI is InChI=1S/C33H29BClF5N6O11/c35-21-14(10-17(38)25(47)26(21)48)24(29(50)42-19-9-12-1-2-15(36)20(30(51)52)28(12)57-34(19)56)43-32(54)46-8-7-45(33(46)55)13-3-5-44(6-4-13)31(53)41-18-11-16(37)22(39)27(49)23(18)40/h1-2,10-11,13,19,24,47-49,56H,3-9H2,(H,41,53)(H,42,50)(H,43,54)(H,51,52)/t19-,24+/m0/s1. The Labute approximate surface area is 322 Å². The van der Waals surface area contributed by atoms with E-state index < -0.39 is 129 Å². The van der Waals surface area contributed by atoms with Crippen LogP contribution in [0.1, 0.15) is 40.4 Å². The molecule has 0 aromatic heterocycles. The first-order chi connectivity index (χ1) is 26.9. The number of carboxylic acid groups (broad SMARTS) is 1. The predicted molar refractivity (Wildman–Crippen MR) is 184 cm³/mol. The number of phenolic OH excluding ortho intramolecular Hbond substituents is 3. The normalized spacial score (nSPS) is 17.5. The largest absolute Gasteiger partial charge is 0.547 e. The van der Waals surface area contributed by atoms with Crippen LogP contribution >= 0.6 is 11.6 Å². The van der Waals surface area contributed by atoms with E-state index in [4.69, 9.17) is 16.3 Å². The highest BCUT2D eigenvalue weighted by molar-refractivity contribution is 6.47. The first kappa shape index (κ1) is 40.4. The van der Waals surface area contributed by atoms with Crippen molar-refractivity contribution < 1.29 is 76.0 Å². The Balaban J connectivity index is 1.14. The molecule has 3 aromatic carbocycles. The number of carbonyl (C=O) groups excluding carboxylic acids is 4. The van der Waals surface area contributed by atoms with Crippen LogP contribution in [0, 0.1) is 29.1 Å². The van der Waals surface area contributed by atoms with Gasteiger partial charge in [0.15, 0.2) is 34.7 Å². The third-order valence-corrected chi connectivity index (χ3v) is 10.0. The van der Waals surface area contributed by atoms with Gasteiger partial charge in [0.1, 0.15) is 23.2 Å². The van der Waals surface area contributed by atoms with Gasteiger partial charge in [-0.1, -0.05) is 17.7 Å². The molecule has 0 radical (unpaired) electrons. The number of aromatic hydroxyl groups is 3. The number of anilines is 1. The number of rotatable bonds is 7. The van der Waals surface area contributed by atoms with Crippen molar-refractivity contribution in [3.8, 4) is 23.0 Å². The Morgan fingerprint density at radius 3 is 2.23 bits per heavy atom. The quantitative estimate of drug-likeness (QED) is 0.0745. The van der Waals surface area contributed by atoms with Crippen LogP contribution in [0.15, 0.2) is 24.3 Å². The van der Waals surface area contributed by atoms with Crippen molar-refractivity contribution >= 4 is 54.4 Å². The van der Waals surface area contributed by atoms with Crippen LogP contribution in [0.2, 0.25) is 5.02 Å². The van der Waals surface area contributed by atoms with Crippen molar-refractivity contribution in [3.05, 3.63) is 75.1 Å². The molecule has 0 aliphatic carbocycles. The molecule has 17 nitrogen and oxygen atoms in total. The summed E-state index contributed by atoms with van der Waals surface area (Å²) in [4.78, 5) is 68.4. The van der Waals surface area contributed by atoms with Crippen LogP contribution in [0.4, 0.5) is 42.0 Å². The highest BCUT2D eigenvalue weighted by Crippen LogP contribution is 2.41. The highest BCUT2D eigenvalue weighted by Gasteiger charge is 2.43. The van der Waals surface area contributed by atoms with Crippen molar-refractivity contribution in [2.45, 2.75) is 37.3 Å². The molecule has 7 amide bonds. The molecular weight excluding hydrogens is 798 g/mol. The fourth-order valence-corrected chi connectivity index (χ4v) is 6.93. The monoisotopic (exact) mass is 826 g/mol. The summed E-state index contributed by atoms with van der Waals surface area (Å²) in [6, 6.07) is -2.70. The second kappa shape index (κ2) is 15.7. The zero-order valence-electron chi connectivity index (χ0n) is 28.9. The molecule has 2 fully saturated rings. The zero-order chi connectivity index (χ0) is 41.6. The molecule has 0 saturated carbocycles. The molecular formula is C33H29BClF5N6O11. The number of nitrogens with one attached hydrogen (secondary N) is 3. The first-order valence-electron chi connectivity index (χ1n) is 16.8. The number of halogens is 6. The fourth-order valence-electron chi connectivity index (χ4n) is 6.68. The van der Waals surface area contributed by atoms with Crippen LogP contribution in [0.5, 0.6) is 23.0 Å². The van der Waals surface area contributed by atoms with Gasteiger partial charge in [-0.2, -0.15) is 4.39 Å². The number of carboxylic acids is 1. The van der Waals surface area contributed by atoms with Gasteiger partial charge < -0.3 is 55.9 Å². The SMILES string of the molecule is O=C(O)c1c(F)ccc2c1OB(O)[C@@H](NC(=O)[C@H](NC(=O)N1CCN(C3CCN(C(=O)Nc4cc(F)c(F)c(O)c4F)CC3)C1=O)c1cc(F)c(O)c(O)c1Cl)C2. The number of phenols is 3. The molecule has 2 atom stereocenters. The summed E-state index contributed by atoms with van der Waals surface area (Å²) in [6.07, 6.45) is -0.0532. The average Bonchev–Trinajstić information content (AvgIpc) is 3.56. The number of benzene rings is 3. The summed E-state index contributed by atoms with van der Waals surface area (Å²) in [6.45, 7) is -0.309. The smallest absolute Gasteiger partial charge is 0.534 e. The van der Waals surface area contributed by atoms with Crippen molar-refractivity contribution in [1.82, 2.24) is 25.3 Å². The van der Waals surface area contributed by atoms with Crippen LogP contribution in [-0.2, 0) is 11.2 Å². The Morgan fingerprint density at radius 1 is 0.877 bits per heavy atom. The minimum atomic E-state index is -2.03. The lowest BCUT2D eigenvalue weighted by Gasteiger charge is -2.36. The summed E-state index contributed by atoms with van der Waals surface area (Å²) < 4.78 is 75.5. The number of imide groups is 1. The number of amides is 7. The van der Waals surface area contributed by atoms with Gasteiger partial charge in [0, 0.05) is 43.9 Å². The second-order valence-electron chi connectivity index (χ2n) is 13.0. The van der Waals surface area contributed by atoms with Crippen molar-refractivity contribution in [2.24, 2.45) is 0 Å². The Hall–Kier alpha value is -6.23. The minimum absolute atomic E-state index is 0.0197. The molecule has 57 heavy (non-hydrogen) atoms. The lowest BCUT2D eigenvalue weighted by molar-refractivity contribution is -0.123. The lowest BCUT2D eigenvalue weighted by Crippen LogP contribution is -2.56. The summed E-state index contributed by atoms with van der Waals surface area (Å²) in [5.74, 6) is -16.6. The molecule has 24 heteroatoms. The Morgan fingerprint density at radius 2 is 1.56 bits per heavy atom. The maximum atomic E-state index is 14.7. The molecule has 3 aliphatic heterocycles. The number of likely N-dealkylation sites (tertiary alicyclic amines) is 1. The number of carbonyl (C=O) groups is 5. The van der Waals surface area contributed by atoms with Gasteiger partial charge in [-0.05, 0) is 37.0 Å². The molecule has 302 valence electrons. The fraction of sp³-hybridized carbons (Fsp3) is 0.303. The second-order valence-corrected chi connectivity index (χ2v) is 13.4. The van der Waals surface area contributed by atoms with Gasteiger partial charge in [-0.3, -0.25) is 4.79 Å². The molecule has 3 aliphatic rings. The van der Waals surface area contributed by atoms with E-state index in [1.807, 2.05) is 0 Å². The number of aromatic carboxylic acids is 1. The number of nitrogens with zero attached hydrogens (tertiary/aromatic N) is 3. The van der Waals surface area contributed by atoms with E-state index in [0.29, 0.717) is 17.0 Å². The molecule has 3 heterocycles. The van der Waals surface area contributed by atoms with Crippen molar-refractivity contribution in [3.63, 3.8) is 0 Å². The summed E-state index contributed by atoms with van der Waals surface area (Å²) >= 11 is 6.16. The Bertz CT molecular complexity index is 2200. The molecule has 0 spiro atoms. The van der Waals surface area contributed by atoms with Crippen LogP contribution < -0.4 is 20.6 Å². The van der Waals surface area contributed by atoms with Gasteiger partial charge in [-0.15, -0.1) is 0 Å². The van der Waals surface area contributed by atoms with E-state index in [0.717, 1.165) is 12.1 Å². The van der Waals surface area contributed by atoms with Crippen molar-refractivity contribution in [1.29, 1.82) is 0 Å². The molecule has 3 aromatic rings. The van der Waals surface area contributed by atoms with E-state index in [-0.39, 0.29) is 51.0 Å². The van der Waals surface area contributed by atoms with Gasteiger partial charge in [-0.25, -0.2) is 41.6 Å². The summed E-state index contributed by atoms with van der Waals surface area (Å²) in [5, 5.41) is 55.4. The summed E-state index contributed by atoms with van der Waals surface area (Å²) in [5.41, 5.74) is -2.23. The van der Waals surface area contributed by atoms with E-state index in [1.54, 1.807) is 0 Å². The van der Waals surface area contributed by atoms with Gasteiger partial charge in [0.25, 0.3) is 0 Å². The predicted octanol–water partition coefficient (Wildman–Crippen LogP) is 3.17. The van der Waals surface area contributed by atoms with Crippen molar-refractivity contribution in [2.75, 3.05) is 31.5 Å². The number of fused-ring (bicyclic) bond motifs is 1. The molecule has 0 unspecified atom stereocenters. The molecule has 2 saturated heterocycles. The number of piperidine rings is 1. The zero-order valence-corrected chi connectivity index (χ0v) is 29.6. The third kappa shape index (κ3) is 7.66. The maximum Gasteiger partial charge on any atom is 0.547 e.